The molecule has 4 aliphatic rings. The first-order chi connectivity index (χ1) is 18.8. The van der Waals surface area contributed by atoms with Gasteiger partial charge in [-0.15, -0.1) is 0 Å². The van der Waals surface area contributed by atoms with Crippen molar-refractivity contribution in [3.63, 3.8) is 0 Å². The summed E-state index contributed by atoms with van der Waals surface area (Å²) in [4.78, 5) is 48.1. The van der Waals surface area contributed by atoms with Crippen molar-refractivity contribution in [3.8, 4) is 0 Å². The van der Waals surface area contributed by atoms with Gasteiger partial charge in [-0.3, -0.25) is 14.4 Å². The Morgan fingerprint density at radius 2 is 1.70 bits per heavy atom. The molecule has 0 saturated carbocycles. The fourth-order valence-electron chi connectivity index (χ4n) is 7.57. The Hall–Kier alpha value is -2.97. The first-order valence-electron chi connectivity index (χ1n) is 14.4. The second-order valence-corrected chi connectivity index (χ2v) is 13.7. The topological polar surface area (TPSA) is 90.4 Å². The van der Waals surface area contributed by atoms with Gasteiger partial charge in [0, 0.05) is 25.2 Å². The van der Waals surface area contributed by atoms with Gasteiger partial charge in [-0.05, 0) is 38.2 Å². The quantitative estimate of drug-likeness (QED) is 0.551. The minimum absolute atomic E-state index is 0.0277. The highest BCUT2D eigenvalue weighted by atomic mass is 16.5. The smallest absolute Gasteiger partial charge is 0.249 e. The average Bonchev–Trinajstić information content (AvgIpc) is 3.20. The number of fused-ring (bicyclic) bond motifs is 2. The van der Waals surface area contributed by atoms with Crippen molar-refractivity contribution >= 4 is 17.7 Å². The molecule has 3 amide bonds. The first kappa shape index (κ1) is 28.6. The number of benzene rings is 1. The molecule has 8 nitrogen and oxygen atoms in total. The third-order valence-electron chi connectivity index (χ3n) is 8.83. The van der Waals surface area contributed by atoms with Gasteiger partial charge in [0.05, 0.1) is 30.6 Å². The van der Waals surface area contributed by atoms with Crippen molar-refractivity contribution in [2.75, 3.05) is 19.7 Å². The van der Waals surface area contributed by atoms with Crippen LogP contribution in [0.15, 0.2) is 54.6 Å². The molecule has 6 atom stereocenters. The van der Waals surface area contributed by atoms with Gasteiger partial charge >= 0.3 is 0 Å². The summed E-state index contributed by atoms with van der Waals surface area (Å²) in [6.07, 6.45) is 7.74. The molecule has 2 fully saturated rings. The highest BCUT2D eigenvalue weighted by Gasteiger charge is 2.72. The van der Waals surface area contributed by atoms with Crippen LogP contribution in [0.25, 0.3) is 0 Å². The zero-order valence-electron chi connectivity index (χ0n) is 24.5. The van der Waals surface area contributed by atoms with E-state index in [0.717, 1.165) is 12.0 Å². The molecule has 0 bridgehead atoms. The number of aliphatic hydroxyl groups excluding tert-OH is 1. The summed E-state index contributed by atoms with van der Waals surface area (Å²) in [6, 6.07) is 8.20. The Morgan fingerprint density at radius 3 is 2.35 bits per heavy atom. The van der Waals surface area contributed by atoms with Crippen molar-refractivity contribution < 1.29 is 24.2 Å². The van der Waals surface area contributed by atoms with Crippen LogP contribution < -0.4 is 0 Å². The summed E-state index contributed by atoms with van der Waals surface area (Å²) >= 11 is 0. The fraction of sp³-hybridized carbons (Fsp3) is 0.594. The van der Waals surface area contributed by atoms with Gasteiger partial charge in [0.1, 0.15) is 11.6 Å². The van der Waals surface area contributed by atoms with Gasteiger partial charge < -0.3 is 24.5 Å². The van der Waals surface area contributed by atoms with E-state index in [1.165, 1.54) is 4.90 Å². The maximum Gasteiger partial charge on any atom is 0.249 e. The van der Waals surface area contributed by atoms with Crippen LogP contribution in [-0.2, 0) is 25.7 Å². The molecule has 216 valence electrons. The zero-order chi connectivity index (χ0) is 29.0. The maximum atomic E-state index is 14.6. The van der Waals surface area contributed by atoms with Crippen molar-refractivity contribution in [1.29, 1.82) is 0 Å². The van der Waals surface area contributed by atoms with Crippen LogP contribution >= 0.6 is 0 Å². The molecule has 1 N–H and O–H groups in total. The number of nitrogens with zero attached hydrogens (tertiary/aromatic N) is 3. The van der Waals surface area contributed by atoms with Crippen LogP contribution in [-0.4, -0.2) is 86.6 Å². The molecule has 4 heterocycles. The molecular weight excluding hydrogens is 506 g/mol. The highest BCUT2D eigenvalue weighted by Crippen LogP contribution is 2.54. The van der Waals surface area contributed by atoms with Crippen LogP contribution in [0, 0.1) is 17.3 Å². The van der Waals surface area contributed by atoms with Crippen molar-refractivity contribution in [3.05, 3.63) is 60.2 Å². The average molecular weight is 550 g/mol. The number of rotatable bonds is 6. The van der Waals surface area contributed by atoms with Crippen molar-refractivity contribution in [2.24, 2.45) is 17.3 Å². The SMILES string of the molecule is C[C@H](CO)N1C(=O)[C@@H]2[C@H]3C(=O)N(Cc4ccccc4)CC=C[C@H]3O[C@@]23C=CCN(C(C)(C)CC(C)(C)C)C(=O)C13. The van der Waals surface area contributed by atoms with Crippen molar-refractivity contribution in [1.82, 2.24) is 14.7 Å². The van der Waals surface area contributed by atoms with Crippen LogP contribution in [0.1, 0.15) is 53.5 Å². The number of carbonyl (C=O) groups excluding carboxylic acids is 3. The van der Waals surface area contributed by atoms with E-state index in [-0.39, 0.29) is 29.7 Å². The van der Waals surface area contributed by atoms with Crippen LogP contribution in [0.4, 0.5) is 0 Å². The molecule has 0 aromatic heterocycles. The molecule has 1 aromatic rings. The second-order valence-electron chi connectivity index (χ2n) is 13.7. The minimum atomic E-state index is -1.30. The monoisotopic (exact) mass is 549 g/mol. The normalized spacial score (nSPS) is 31.2. The standard InChI is InChI=1S/C32H43N3O5/c1-21(19-36)35-26-29(39)34(31(5,6)20-30(2,3)4)17-11-15-32(26)25(28(35)38)24-23(40-32)14-10-16-33(27(24)37)18-22-12-8-7-9-13-22/h7-15,21,23-26,36H,16-20H2,1-6H3/t21-,23-,24+,25+,26?,32+/m1/s1. The van der Waals surface area contributed by atoms with Gasteiger partial charge in [-0.1, -0.05) is 75.4 Å². The number of aliphatic hydroxyl groups is 1. The molecular formula is C32H43N3O5. The molecule has 8 heteroatoms. The van der Waals surface area contributed by atoms with E-state index in [2.05, 4.69) is 34.6 Å². The van der Waals surface area contributed by atoms with E-state index in [9.17, 15) is 19.5 Å². The molecule has 4 aliphatic heterocycles. The predicted molar refractivity (Wildman–Crippen MR) is 152 cm³/mol. The van der Waals surface area contributed by atoms with E-state index < -0.39 is 41.2 Å². The Balaban J connectivity index is 1.56. The van der Waals surface area contributed by atoms with Gasteiger partial charge in [-0.2, -0.15) is 0 Å². The third kappa shape index (κ3) is 4.69. The Morgan fingerprint density at radius 1 is 1.00 bits per heavy atom. The number of ether oxygens (including phenoxy) is 1. The lowest BCUT2D eigenvalue weighted by Gasteiger charge is -2.45. The van der Waals surface area contributed by atoms with E-state index >= 15 is 0 Å². The highest BCUT2D eigenvalue weighted by molar-refractivity contribution is 6.00. The number of likely N-dealkylation sites (tertiary alicyclic amines) is 1. The minimum Gasteiger partial charge on any atom is -0.394 e. The lowest BCUT2D eigenvalue weighted by atomic mass is 9.77. The number of amides is 3. The van der Waals surface area contributed by atoms with E-state index in [1.807, 2.05) is 59.5 Å². The lowest BCUT2D eigenvalue weighted by Crippen LogP contribution is -2.61. The summed E-state index contributed by atoms with van der Waals surface area (Å²) in [7, 11) is 0. The van der Waals surface area contributed by atoms with Crippen molar-refractivity contribution in [2.45, 2.75) is 83.8 Å². The Labute approximate surface area is 237 Å². The second kappa shape index (κ2) is 10.1. The Kier molecular flexibility index (Phi) is 7.24. The number of hydrogen-bond donors (Lipinski definition) is 1. The summed E-state index contributed by atoms with van der Waals surface area (Å²) in [6.45, 7) is 13.2. The third-order valence-corrected chi connectivity index (χ3v) is 8.83. The predicted octanol–water partition coefficient (Wildman–Crippen LogP) is 3.16. The van der Waals surface area contributed by atoms with E-state index in [1.54, 1.807) is 11.8 Å². The van der Waals surface area contributed by atoms with Gasteiger partial charge in [0.2, 0.25) is 17.7 Å². The summed E-state index contributed by atoms with van der Waals surface area (Å²) in [5.74, 6) is -2.29. The maximum absolute atomic E-state index is 14.6. The molecule has 0 aliphatic carbocycles. The molecule has 5 rings (SSSR count). The van der Waals surface area contributed by atoms with Gasteiger partial charge in [0.25, 0.3) is 0 Å². The Bertz CT molecular complexity index is 1220. The zero-order valence-corrected chi connectivity index (χ0v) is 24.5. The summed E-state index contributed by atoms with van der Waals surface area (Å²) in [5.41, 5.74) is -0.815. The molecule has 40 heavy (non-hydrogen) atoms. The van der Waals surface area contributed by atoms with Crippen LogP contribution in [0.5, 0.6) is 0 Å². The first-order valence-corrected chi connectivity index (χ1v) is 14.4. The van der Waals surface area contributed by atoms with Crippen LogP contribution in [0.3, 0.4) is 0 Å². The molecule has 1 unspecified atom stereocenters. The molecule has 2 saturated heterocycles. The fourth-order valence-corrected chi connectivity index (χ4v) is 7.57. The van der Waals surface area contributed by atoms with E-state index in [4.69, 9.17) is 4.74 Å². The summed E-state index contributed by atoms with van der Waals surface area (Å²) < 4.78 is 6.72. The number of hydrogen-bond acceptors (Lipinski definition) is 5. The number of carbonyl (C=O) groups is 3. The molecule has 1 aromatic carbocycles. The van der Waals surface area contributed by atoms with Gasteiger partial charge in [0.15, 0.2) is 0 Å². The lowest BCUT2D eigenvalue weighted by molar-refractivity contribution is -0.154. The summed E-state index contributed by atoms with van der Waals surface area (Å²) in [5, 5.41) is 10.2. The van der Waals surface area contributed by atoms with E-state index in [0.29, 0.717) is 19.6 Å². The van der Waals surface area contributed by atoms with Crippen LogP contribution in [0.2, 0.25) is 0 Å². The molecule has 0 radical (unpaired) electrons. The largest absolute Gasteiger partial charge is 0.394 e. The van der Waals surface area contributed by atoms with Gasteiger partial charge in [-0.25, -0.2) is 0 Å². The molecule has 1 spiro atoms.